The zero-order valence-electron chi connectivity index (χ0n) is 21.7. The minimum Gasteiger partial charge on any atom is -0.476 e. The molecule has 1 heterocycles. The summed E-state index contributed by atoms with van der Waals surface area (Å²) in [6.07, 6.45) is -3.56. The molecule has 0 aliphatic carbocycles. The van der Waals surface area contributed by atoms with Gasteiger partial charge in [0.15, 0.2) is 5.69 Å². The molecule has 0 fully saturated rings. The van der Waals surface area contributed by atoms with Crippen LogP contribution >= 0.6 is 34.8 Å². The van der Waals surface area contributed by atoms with E-state index in [9.17, 15) is 17.6 Å². The molecule has 0 amide bonds. The third kappa shape index (κ3) is 8.22. The zero-order chi connectivity index (χ0) is 30.9. The number of rotatable bonds is 8. The molecule has 14 heteroatoms. The summed E-state index contributed by atoms with van der Waals surface area (Å²) in [6.45, 7) is 3.16. The van der Waals surface area contributed by atoms with Gasteiger partial charge in [-0.05, 0) is 60.2 Å². The molecule has 0 saturated carbocycles. The second-order valence-corrected chi connectivity index (χ2v) is 9.37. The van der Waals surface area contributed by atoms with Gasteiger partial charge in [-0.3, -0.25) is 4.39 Å². The van der Waals surface area contributed by atoms with Gasteiger partial charge < -0.3 is 9.47 Å². The topological polar surface area (TPSA) is 84.8 Å². The monoisotopic (exact) mass is 639 g/mol. The fourth-order valence-corrected chi connectivity index (χ4v) is 4.15. The number of alkyl halides is 4. The Bertz CT molecular complexity index is 1620. The molecule has 42 heavy (non-hydrogen) atoms. The van der Waals surface area contributed by atoms with Gasteiger partial charge in [-0.15, -0.1) is 5.10 Å². The molecule has 0 radical (unpaired) electrons. The molecule has 0 aliphatic rings. The lowest BCUT2D eigenvalue weighted by molar-refractivity contribution is -0.143. The van der Waals surface area contributed by atoms with Crippen molar-refractivity contribution >= 4 is 47.4 Å². The van der Waals surface area contributed by atoms with Crippen LogP contribution in [-0.4, -0.2) is 36.2 Å². The van der Waals surface area contributed by atoms with Crippen molar-refractivity contribution < 1.29 is 27.0 Å². The molecule has 1 aromatic heterocycles. The van der Waals surface area contributed by atoms with E-state index in [0.717, 1.165) is 10.9 Å². The maximum atomic E-state index is 14.1. The Morgan fingerprint density at radius 1 is 1.02 bits per heavy atom. The van der Waals surface area contributed by atoms with Gasteiger partial charge >= 0.3 is 6.18 Å². The van der Waals surface area contributed by atoms with Gasteiger partial charge in [0.2, 0.25) is 5.90 Å². The molecular weight excluding hydrogens is 621 g/mol. The summed E-state index contributed by atoms with van der Waals surface area (Å²) in [7, 11) is 0.500. The van der Waals surface area contributed by atoms with Crippen LogP contribution in [0, 0.1) is 11.3 Å². The van der Waals surface area contributed by atoms with Crippen LogP contribution in [-0.2, 0) is 17.3 Å². The Morgan fingerprint density at radius 2 is 1.74 bits per heavy atom. The largest absolute Gasteiger partial charge is 0.476 e. The van der Waals surface area contributed by atoms with Crippen molar-refractivity contribution in [1.29, 1.82) is 5.26 Å². The molecule has 4 aromatic rings. The summed E-state index contributed by atoms with van der Waals surface area (Å²) in [6, 6.07) is 17.2. The summed E-state index contributed by atoms with van der Waals surface area (Å²) in [4.78, 5) is 0. The predicted octanol–water partition coefficient (Wildman–Crippen LogP) is 8.72. The highest BCUT2D eigenvalue weighted by Crippen LogP contribution is 2.35. The molecule has 3 aromatic carbocycles. The van der Waals surface area contributed by atoms with E-state index in [1.807, 2.05) is 6.07 Å². The average molecular weight is 641 g/mol. The van der Waals surface area contributed by atoms with Crippen molar-refractivity contribution in [2.45, 2.75) is 12.6 Å². The van der Waals surface area contributed by atoms with Gasteiger partial charge in [0.1, 0.15) is 11.5 Å². The highest BCUT2D eigenvalue weighted by molar-refractivity contribution is 6.32. The maximum Gasteiger partial charge on any atom is 0.434 e. The number of benzene rings is 3. The number of ether oxygens (including phenoxy) is 2. The summed E-state index contributed by atoms with van der Waals surface area (Å²) < 4.78 is 64.1. The Balaban J connectivity index is 0.00000237. The Kier molecular flexibility index (Phi) is 11.3. The summed E-state index contributed by atoms with van der Waals surface area (Å²) in [5, 5.41) is 21.1. The first kappa shape index (κ1) is 32.4. The van der Waals surface area contributed by atoms with Gasteiger partial charge in [0, 0.05) is 23.2 Å². The fraction of sp³-hybridized carbons (Fsp3) is 0.143. The molecule has 218 valence electrons. The van der Waals surface area contributed by atoms with Gasteiger partial charge in [-0.2, -0.15) is 28.6 Å². The van der Waals surface area contributed by atoms with Crippen LogP contribution in [0.5, 0.6) is 11.5 Å². The minimum atomic E-state index is -4.80. The van der Waals surface area contributed by atoms with Gasteiger partial charge in [-0.1, -0.05) is 40.9 Å². The molecule has 7 nitrogen and oxygen atoms in total. The van der Waals surface area contributed by atoms with Crippen molar-refractivity contribution in [2.24, 2.45) is 10.2 Å². The Hall–Kier alpha value is -4.11. The highest BCUT2D eigenvalue weighted by atomic mass is 35.5. The fourth-order valence-electron chi connectivity index (χ4n) is 3.64. The Labute approximate surface area is 253 Å². The van der Waals surface area contributed by atoms with E-state index in [1.54, 1.807) is 18.2 Å². The molecule has 0 N–H and O–H groups in total. The van der Waals surface area contributed by atoms with Crippen molar-refractivity contribution in [3.63, 3.8) is 0 Å². The predicted molar refractivity (Wildman–Crippen MR) is 154 cm³/mol. The van der Waals surface area contributed by atoms with E-state index in [1.165, 1.54) is 42.5 Å². The minimum absolute atomic E-state index is 0.0748. The number of hydrogen-bond donors (Lipinski definition) is 0. The van der Waals surface area contributed by atoms with Crippen molar-refractivity contribution in [1.82, 2.24) is 9.78 Å². The average Bonchev–Trinajstić information content (AvgIpc) is 3.41. The lowest BCUT2D eigenvalue weighted by Crippen LogP contribution is -2.19. The third-order valence-corrected chi connectivity index (χ3v) is 6.14. The molecule has 0 bridgehead atoms. The van der Waals surface area contributed by atoms with E-state index < -0.39 is 23.3 Å². The van der Waals surface area contributed by atoms with Gasteiger partial charge in [-0.25, -0.2) is 4.68 Å². The summed E-state index contributed by atoms with van der Waals surface area (Å²) in [5.41, 5.74) is -0.366. The van der Waals surface area contributed by atoms with Crippen molar-refractivity contribution in [2.75, 3.05) is 13.8 Å². The first-order valence-corrected chi connectivity index (χ1v) is 12.8. The SMILES string of the molecule is C=N/N=C(\OCCc1ccc(Cl)c(Oc2cc(Cl)cc(C#N)c2)c1)c1cnn(-c2ccc(Cl)cc2)c1C(F)(F)F.CF. The van der Waals surface area contributed by atoms with Crippen molar-refractivity contribution in [3.8, 4) is 23.3 Å². The molecule has 0 unspecified atom stereocenters. The smallest absolute Gasteiger partial charge is 0.434 e. The highest BCUT2D eigenvalue weighted by Gasteiger charge is 2.40. The normalized spacial score (nSPS) is 11.3. The van der Waals surface area contributed by atoms with Gasteiger partial charge in [0.05, 0.1) is 47.9 Å². The number of nitriles is 1. The zero-order valence-corrected chi connectivity index (χ0v) is 23.9. The second kappa shape index (κ2) is 14.7. The van der Waals surface area contributed by atoms with Crippen LogP contribution in [0.25, 0.3) is 5.69 Å². The summed E-state index contributed by atoms with van der Waals surface area (Å²) in [5.74, 6) is 0.190. The standard InChI is InChI=1S/C27H17Cl3F3N5O2.CH3F/c1-35-37-26(22-15-36-38(25(22)27(31,32)33)20-5-3-18(28)4-6-20)39-9-8-16-2-7-23(30)24(12-16)40-21-11-17(14-34)10-19(29)13-21;1-2/h2-7,10-13,15H,1,8-9H2;1H3/b37-26-;. The number of aromatic nitrogens is 2. The van der Waals surface area contributed by atoms with Crippen LogP contribution in [0.3, 0.4) is 0 Å². The quantitative estimate of drug-likeness (QED) is 0.0835. The van der Waals surface area contributed by atoms with E-state index in [2.05, 4.69) is 22.0 Å². The van der Waals surface area contributed by atoms with Crippen LogP contribution in [0.1, 0.15) is 22.4 Å². The van der Waals surface area contributed by atoms with Crippen LogP contribution < -0.4 is 4.74 Å². The molecule has 0 atom stereocenters. The lowest BCUT2D eigenvalue weighted by Gasteiger charge is -2.14. The van der Waals surface area contributed by atoms with E-state index in [0.29, 0.717) is 39.1 Å². The third-order valence-electron chi connectivity index (χ3n) is 5.35. The molecule has 4 rings (SSSR count). The van der Waals surface area contributed by atoms with Gasteiger partial charge in [0.25, 0.3) is 0 Å². The first-order chi connectivity index (χ1) is 20.1. The second-order valence-electron chi connectivity index (χ2n) is 8.09. The summed E-state index contributed by atoms with van der Waals surface area (Å²) >= 11 is 18.2. The van der Waals surface area contributed by atoms with Crippen LogP contribution in [0.15, 0.2) is 77.1 Å². The van der Waals surface area contributed by atoms with Crippen LogP contribution in [0.4, 0.5) is 17.6 Å². The van der Waals surface area contributed by atoms with E-state index in [4.69, 9.17) is 49.5 Å². The molecule has 0 spiro atoms. The molecule has 0 saturated heterocycles. The molecule has 0 aliphatic heterocycles. The van der Waals surface area contributed by atoms with Crippen molar-refractivity contribution in [3.05, 3.63) is 104 Å². The van der Waals surface area contributed by atoms with E-state index >= 15 is 0 Å². The number of halogens is 7. The number of nitrogens with zero attached hydrogens (tertiary/aromatic N) is 5. The molecular formula is C28H20Cl3F4N5O2. The van der Waals surface area contributed by atoms with E-state index in [-0.39, 0.29) is 24.5 Å². The van der Waals surface area contributed by atoms with Crippen LogP contribution in [0.2, 0.25) is 15.1 Å². The Morgan fingerprint density at radius 3 is 2.38 bits per heavy atom. The maximum absolute atomic E-state index is 14.1. The number of hydrogen-bond acceptors (Lipinski definition) is 6. The first-order valence-electron chi connectivity index (χ1n) is 11.7. The lowest BCUT2D eigenvalue weighted by atomic mass is 10.1.